The smallest absolute Gasteiger partial charge is 0.423 e. The molecule has 0 aliphatic rings. The maximum atomic E-state index is 11.6. The third-order valence-corrected chi connectivity index (χ3v) is 2.07. The van der Waals surface area contributed by atoms with Gasteiger partial charge in [-0.2, -0.15) is 0 Å². The number of anilines is 1. The van der Waals surface area contributed by atoms with Gasteiger partial charge in [-0.25, -0.2) is 0 Å². The van der Waals surface area contributed by atoms with Crippen LogP contribution in [0.25, 0.3) is 0 Å². The highest BCUT2D eigenvalue weighted by Crippen LogP contribution is 2.05. The number of nitrogen functional groups attached to an aromatic ring is 1. The van der Waals surface area contributed by atoms with Gasteiger partial charge in [0.1, 0.15) is 0 Å². The van der Waals surface area contributed by atoms with Crippen LogP contribution in [0.5, 0.6) is 0 Å². The molecule has 1 aromatic rings. The van der Waals surface area contributed by atoms with Crippen LogP contribution in [0, 0.1) is 0 Å². The van der Waals surface area contributed by atoms with Gasteiger partial charge in [0.15, 0.2) is 0 Å². The van der Waals surface area contributed by atoms with Crippen LogP contribution in [-0.2, 0) is 0 Å². The number of hydrogen-bond donors (Lipinski definition) is 4. The van der Waals surface area contributed by atoms with Gasteiger partial charge < -0.3 is 21.1 Å². The van der Waals surface area contributed by atoms with Gasteiger partial charge in [0, 0.05) is 17.8 Å². The zero-order valence-electron chi connectivity index (χ0n) is 9.10. The predicted molar refractivity (Wildman–Crippen MR) is 63.3 cm³/mol. The Morgan fingerprint density at radius 3 is 2.69 bits per heavy atom. The van der Waals surface area contributed by atoms with Crippen molar-refractivity contribution >= 4 is 24.2 Å². The van der Waals surface area contributed by atoms with Crippen LogP contribution in [0.3, 0.4) is 0 Å². The fraction of sp³-hybridized carbons (Fsp3) is 0.300. The summed E-state index contributed by atoms with van der Waals surface area (Å²) < 4.78 is 0. The standard InChI is InChI=1S/C10H15BN2O3/c1-2-3-13-10(14)7-4-8(11(15)16)6-9(12)5-7/h4-6,15-16H,2-3,12H2,1H3,(H,13,14). The number of benzene rings is 1. The van der Waals surface area contributed by atoms with Crippen molar-refractivity contribution in [2.24, 2.45) is 0 Å². The lowest BCUT2D eigenvalue weighted by atomic mass is 9.79. The van der Waals surface area contributed by atoms with Gasteiger partial charge in [-0.1, -0.05) is 6.92 Å². The summed E-state index contributed by atoms with van der Waals surface area (Å²) in [5.41, 5.74) is 6.43. The van der Waals surface area contributed by atoms with Crippen LogP contribution >= 0.6 is 0 Å². The van der Waals surface area contributed by atoms with Crippen LogP contribution in [0.1, 0.15) is 23.7 Å². The first-order valence-corrected chi connectivity index (χ1v) is 5.09. The Morgan fingerprint density at radius 2 is 2.12 bits per heavy atom. The third-order valence-electron chi connectivity index (χ3n) is 2.07. The van der Waals surface area contributed by atoms with E-state index in [1.165, 1.54) is 18.2 Å². The van der Waals surface area contributed by atoms with E-state index in [4.69, 9.17) is 15.8 Å². The highest BCUT2D eigenvalue weighted by atomic mass is 16.4. The molecule has 16 heavy (non-hydrogen) atoms. The van der Waals surface area contributed by atoms with E-state index >= 15 is 0 Å². The van der Waals surface area contributed by atoms with Gasteiger partial charge in [-0.05, 0) is 30.1 Å². The minimum Gasteiger partial charge on any atom is -0.423 e. The van der Waals surface area contributed by atoms with E-state index in [0.717, 1.165) is 6.42 Å². The predicted octanol–water partition coefficient (Wildman–Crippen LogP) is -0.912. The number of rotatable bonds is 4. The van der Waals surface area contributed by atoms with Crippen LogP contribution in [-0.4, -0.2) is 29.6 Å². The van der Waals surface area contributed by atoms with Gasteiger partial charge in [0.25, 0.3) is 5.91 Å². The lowest BCUT2D eigenvalue weighted by Gasteiger charge is -2.07. The Kier molecular flexibility index (Phi) is 4.33. The number of nitrogens with one attached hydrogen (secondary N) is 1. The highest BCUT2D eigenvalue weighted by Gasteiger charge is 2.14. The molecule has 1 amide bonds. The topological polar surface area (TPSA) is 95.6 Å². The fourth-order valence-corrected chi connectivity index (χ4v) is 1.30. The van der Waals surface area contributed by atoms with Crippen molar-refractivity contribution in [3.63, 3.8) is 0 Å². The molecule has 1 rings (SSSR count). The summed E-state index contributed by atoms with van der Waals surface area (Å²) >= 11 is 0. The number of amides is 1. The molecule has 1 aromatic carbocycles. The maximum Gasteiger partial charge on any atom is 0.488 e. The summed E-state index contributed by atoms with van der Waals surface area (Å²) in [6.07, 6.45) is 0.837. The largest absolute Gasteiger partial charge is 0.488 e. The molecule has 0 bridgehead atoms. The molecule has 0 saturated carbocycles. The monoisotopic (exact) mass is 222 g/mol. The van der Waals surface area contributed by atoms with Crippen LogP contribution in [0.15, 0.2) is 18.2 Å². The summed E-state index contributed by atoms with van der Waals surface area (Å²) in [5, 5.41) is 20.7. The van der Waals surface area contributed by atoms with Crippen LogP contribution < -0.4 is 16.5 Å². The Bertz CT molecular complexity index is 382. The molecule has 5 N–H and O–H groups in total. The molecule has 0 radical (unpaired) electrons. The minimum absolute atomic E-state index is 0.210. The molecule has 0 unspecified atom stereocenters. The number of carbonyl (C=O) groups excluding carboxylic acids is 1. The number of carbonyl (C=O) groups is 1. The van der Waals surface area contributed by atoms with E-state index in [0.29, 0.717) is 17.8 Å². The molecule has 0 aliphatic carbocycles. The van der Waals surface area contributed by atoms with Crippen molar-refractivity contribution < 1.29 is 14.8 Å². The molecule has 5 nitrogen and oxygen atoms in total. The molecule has 0 spiro atoms. The summed E-state index contributed by atoms with van der Waals surface area (Å²) in [6, 6.07) is 4.32. The molecule has 86 valence electrons. The van der Waals surface area contributed by atoms with Crippen molar-refractivity contribution in [2.75, 3.05) is 12.3 Å². The molecular weight excluding hydrogens is 207 g/mol. The Morgan fingerprint density at radius 1 is 1.44 bits per heavy atom. The lowest BCUT2D eigenvalue weighted by molar-refractivity contribution is 0.0954. The zero-order valence-corrected chi connectivity index (χ0v) is 9.10. The average Bonchev–Trinajstić information content (AvgIpc) is 2.24. The second-order valence-corrected chi connectivity index (χ2v) is 3.52. The molecule has 0 aliphatic heterocycles. The first-order chi connectivity index (χ1) is 7.54. The first kappa shape index (κ1) is 12.5. The fourth-order valence-electron chi connectivity index (χ4n) is 1.30. The molecule has 0 fully saturated rings. The van der Waals surface area contributed by atoms with Gasteiger partial charge in [-0.15, -0.1) is 0 Å². The van der Waals surface area contributed by atoms with E-state index in [1.807, 2.05) is 6.92 Å². The Balaban J connectivity index is 2.91. The van der Waals surface area contributed by atoms with E-state index in [2.05, 4.69) is 5.32 Å². The van der Waals surface area contributed by atoms with Crippen molar-refractivity contribution in [3.8, 4) is 0 Å². The lowest BCUT2D eigenvalue weighted by Crippen LogP contribution is -2.32. The molecule has 0 atom stereocenters. The van der Waals surface area contributed by atoms with E-state index in [9.17, 15) is 4.79 Å². The van der Waals surface area contributed by atoms with Crippen molar-refractivity contribution in [2.45, 2.75) is 13.3 Å². The zero-order chi connectivity index (χ0) is 12.1. The second-order valence-electron chi connectivity index (χ2n) is 3.52. The summed E-state index contributed by atoms with van der Waals surface area (Å²) in [6.45, 7) is 2.52. The number of nitrogens with two attached hydrogens (primary N) is 1. The molecule has 0 aromatic heterocycles. The van der Waals surface area contributed by atoms with Crippen LogP contribution in [0.4, 0.5) is 5.69 Å². The van der Waals surface area contributed by atoms with E-state index in [1.54, 1.807) is 0 Å². The van der Waals surface area contributed by atoms with Gasteiger partial charge in [0.05, 0.1) is 0 Å². The van der Waals surface area contributed by atoms with Crippen molar-refractivity contribution in [1.29, 1.82) is 0 Å². The van der Waals surface area contributed by atoms with E-state index in [-0.39, 0.29) is 11.4 Å². The summed E-state index contributed by atoms with van der Waals surface area (Å²) in [7, 11) is -1.62. The van der Waals surface area contributed by atoms with Gasteiger partial charge >= 0.3 is 7.12 Å². The highest BCUT2D eigenvalue weighted by molar-refractivity contribution is 6.58. The third kappa shape index (κ3) is 3.25. The average molecular weight is 222 g/mol. The summed E-state index contributed by atoms with van der Waals surface area (Å²) in [5.74, 6) is -0.268. The maximum absolute atomic E-state index is 11.6. The normalized spacial score (nSPS) is 9.94. The quantitative estimate of drug-likeness (QED) is 0.391. The van der Waals surface area contributed by atoms with E-state index < -0.39 is 7.12 Å². The van der Waals surface area contributed by atoms with Crippen molar-refractivity contribution in [3.05, 3.63) is 23.8 Å². The molecule has 0 heterocycles. The molecular formula is C10H15BN2O3. The SMILES string of the molecule is CCCNC(=O)c1cc(N)cc(B(O)O)c1. The van der Waals surface area contributed by atoms with Crippen molar-refractivity contribution in [1.82, 2.24) is 5.32 Å². The molecule has 0 saturated heterocycles. The Labute approximate surface area is 94.4 Å². The second kappa shape index (κ2) is 5.53. The molecule has 6 heteroatoms. The summed E-state index contributed by atoms with van der Waals surface area (Å²) in [4.78, 5) is 11.6. The number of hydrogen-bond acceptors (Lipinski definition) is 4. The van der Waals surface area contributed by atoms with Crippen LogP contribution in [0.2, 0.25) is 0 Å². The van der Waals surface area contributed by atoms with Gasteiger partial charge in [-0.3, -0.25) is 4.79 Å². The minimum atomic E-state index is -1.62. The first-order valence-electron chi connectivity index (χ1n) is 5.09. The van der Waals surface area contributed by atoms with Gasteiger partial charge in [0.2, 0.25) is 0 Å². The Hall–Kier alpha value is -1.53.